The molecular weight excluding hydrogens is 254 g/mol. The van der Waals surface area contributed by atoms with Gasteiger partial charge < -0.3 is 15.4 Å². The Labute approximate surface area is 119 Å². The Kier molecular flexibility index (Phi) is 4.89. The Morgan fingerprint density at radius 2 is 2.05 bits per heavy atom. The van der Waals surface area contributed by atoms with Gasteiger partial charge in [-0.2, -0.15) is 0 Å². The van der Waals surface area contributed by atoms with E-state index < -0.39 is 6.10 Å². The van der Waals surface area contributed by atoms with Crippen LogP contribution >= 0.6 is 0 Å². The van der Waals surface area contributed by atoms with E-state index in [1.54, 1.807) is 13.3 Å². The third kappa shape index (κ3) is 3.07. The van der Waals surface area contributed by atoms with Crippen LogP contribution in [0, 0.1) is 0 Å². The summed E-state index contributed by atoms with van der Waals surface area (Å²) >= 11 is 0. The Hall–Kier alpha value is -1.69. The van der Waals surface area contributed by atoms with Crippen LogP contribution in [0.15, 0.2) is 12.7 Å². The highest BCUT2D eigenvalue weighted by Crippen LogP contribution is 2.25. The molecule has 0 spiro atoms. The first kappa shape index (κ1) is 14.7. The number of aromatic nitrogens is 4. The highest BCUT2D eigenvalue weighted by molar-refractivity contribution is 5.81. The highest BCUT2D eigenvalue weighted by atomic mass is 16.3. The SMILES string of the molecule is CCCCCCC([C@@H](C)O)n1cnc2c(N)ncnc21. The third-order valence-corrected chi connectivity index (χ3v) is 3.65. The summed E-state index contributed by atoms with van der Waals surface area (Å²) in [5.41, 5.74) is 7.09. The molecule has 2 heterocycles. The molecule has 0 aliphatic heterocycles. The second-order valence-corrected chi connectivity index (χ2v) is 5.24. The number of aliphatic hydroxyl groups is 1. The van der Waals surface area contributed by atoms with E-state index in [9.17, 15) is 5.11 Å². The molecule has 2 rings (SSSR count). The van der Waals surface area contributed by atoms with Crippen molar-refractivity contribution in [3.05, 3.63) is 12.7 Å². The molecular formula is C14H23N5O. The zero-order valence-corrected chi connectivity index (χ0v) is 12.2. The molecule has 0 aliphatic rings. The molecule has 0 bridgehead atoms. The lowest BCUT2D eigenvalue weighted by Gasteiger charge is -2.21. The standard InChI is InChI=1S/C14H23N5O/c1-3-4-5-6-7-11(10(2)20)19-9-18-12-13(15)16-8-17-14(12)19/h8-11,20H,3-7H2,1-2H3,(H2,15,16,17)/t10-,11?/m1/s1. The van der Waals surface area contributed by atoms with Crippen LogP contribution in [-0.2, 0) is 0 Å². The fourth-order valence-corrected chi connectivity index (χ4v) is 2.51. The van der Waals surface area contributed by atoms with E-state index in [1.807, 2.05) is 4.57 Å². The largest absolute Gasteiger partial charge is 0.391 e. The van der Waals surface area contributed by atoms with Gasteiger partial charge in [-0.05, 0) is 13.3 Å². The van der Waals surface area contributed by atoms with Gasteiger partial charge in [-0.1, -0.05) is 32.6 Å². The maximum atomic E-state index is 10.0. The van der Waals surface area contributed by atoms with Crippen LogP contribution < -0.4 is 5.73 Å². The van der Waals surface area contributed by atoms with Gasteiger partial charge in [0.15, 0.2) is 11.5 Å². The van der Waals surface area contributed by atoms with Crippen LogP contribution in [0.1, 0.15) is 52.0 Å². The van der Waals surface area contributed by atoms with Gasteiger partial charge in [0.2, 0.25) is 0 Å². The number of imidazole rings is 1. The number of unbranched alkanes of at least 4 members (excludes halogenated alkanes) is 3. The Morgan fingerprint density at radius 3 is 2.75 bits per heavy atom. The minimum atomic E-state index is -0.454. The van der Waals surface area contributed by atoms with Crippen molar-refractivity contribution in [2.24, 2.45) is 0 Å². The lowest BCUT2D eigenvalue weighted by molar-refractivity contribution is 0.124. The quantitative estimate of drug-likeness (QED) is 0.758. The summed E-state index contributed by atoms with van der Waals surface area (Å²) in [4.78, 5) is 12.5. The van der Waals surface area contributed by atoms with E-state index in [0.29, 0.717) is 17.0 Å². The van der Waals surface area contributed by atoms with Crippen LogP contribution in [-0.4, -0.2) is 30.7 Å². The van der Waals surface area contributed by atoms with E-state index in [2.05, 4.69) is 21.9 Å². The Bertz CT molecular complexity index is 551. The van der Waals surface area contributed by atoms with Crippen LogP contribution in [0.4, 0.5) is 5.82 Å². The number of anilines is 1. The summed E-state index contributed by atoms with van der Waals surface area (Å²) in [5.74, 6) is 0.379. The van der Waals surface area contributed by atoms with Crippen molar-refractivity contribution in [2.75, 3.05) is 5.73 Å². The van der Waals surface area contributed by atoms with Crippen LogP contribution in [0.3, 0.4) is 0 Å². The van der Waals surface area contributed by atoms with Gasteiger partial charge in [-0.15, -0.1) is 0 Å². The molecule has 2 atom stereocenters. The zero-order valence-electron chi connectivity index (χ0n) is 12.2. The van der Waals surface area contributed by atoms with Crippen LogP contribution in [0.5, 0.6) is 0 Å². The Morgan fingerprint density at radius 1 is 1.25 bits per heavy atom. The fourth-order valence-electron chi connectivity index (χ4n) is 2.51. The summed E-state index contributed by atoms with van der Waals surface area (Å²) in [6.07, 6.45) is 8.30. The molecule has 2 aromatic heterocycles. The van der Waals surface area contributed by atoms with Gasteiger partial charge in [-0.3, -0.25) is 0 Å². The molecule has 0 aliphatic carbocycles. The molecule has 2 aromatic rings. The summed E-state index contributed by atoms with van der Waals surface area (Å²) in [7, 11) is 0. The minimum absolute atomic E-state index is 0.0221. The second-order valence-electron chi connectivity index (χ2n) is 5.24. The first-order valence-corrected chi connectivity index (χ1v) is 7.26. The predicted octanol–water partition coefficient (Wildman–Crippen LogP) is 2.30. The molecule has 0 fully saturated rings. The van der Waals surface area contributed by atoms with E-state index in [4.69, 9.17) is 5.73 Å². The topological polar surface area (TPSA) is 89.8 Å². The van der Waals surface area contributed by atoms with Crippen molar-refractivity contribution in [1.82, 2.24) is 19.5 Å². The molecule has 20 heavy (non-hydrogen) atoms. The van der Waals surface area contributed by atoms with Crippen molar-refractivity contribution < 1.29 is 5.11 Å². The van der Waals surface area contributed by atoms with Crippen molar-refractivity contribution in [3.8, 4) is 0 Å². The van der Waals surface area contributed by atoms with Gasteiger partial charge in [0.1, 0.15) is 11.8 Å². The molecule has 3 N–H and O–H groups in total. The van der Waals surface area contributed by atoms with Crippen molar-refractivity contribution in [3.63, 3.8) is 0 Å². The van der Waals surface area contributed by atoms with Gasteiger partial charge in [0.25, 0.3) is 0 Å². The average Bonchev–Trinajstić information content (AvgIpc) is 2.84. The molecule has 1 unspecified atom stereocenters. The highest BCUT2D eigenvalue weighted by Gasteiger charge is 2.20. The van der Waals surface area contributed by atoms with Crippen molar-refractivity contribution in [2.45, 2.75) is 58.1 Å². The number of hydrogen-bond donors (Lipinski definition) is 2. The molecule has 0 aromatic carbocycles. The predicted molar refractivity (Wildman–Crippen MR) is 79.2 cm³/mol. The molecule has 110 valence electrons. The maximum Gasteiger partial charge on any atom is 0.165 e. The van der Waals surface area contributed by atoms with Gasteiger partial charge in [0, 0.05) is 0 Å². The number of hydrogen-bond acceptors (Lipinski definition) is 5. The lowest BCUT2D eigenvalue weighted by atomic mass is 10.0. The third-order valence-electron chi connectivity index (χ3n) is 3.65. The first-order chi connectivity index (χ1) is 9.65. The fraction of sp³-hybridized carbons (Fsp3) is 0.643. The smallest absolute Gasteiger partial charge is 0.165 e. The normalized spacial score (nSPS) is 14.6. The van der Waals surface area contributed by atoms with Crippen LogP contribution in [0.25, 0.3) is 11.2 Å². The zero-order chi connectivity index (χ0) is 14.5. The number of aliphatic hydroxyl groups excluding tert-OH is 1. The van der Waals surface area contributed by atoms with Gasteiger partial charge >= 0.3 is 0 Å². The number of fused-ring (bicyclic) bond motifs is 1. The number of nitrogen functional groups attached to an aromatic ring is 1. The van der Waals surface area contributed by atoms with Gasteiger partial charge in [-0.25, -0.2) is 15.0 Å². The van der Waals surface area contributed by atoms with Crippen molar-refractivity contribution in [1.29, 1.82) is 0 Å². The van der Waals surface area contributed by atoms with E-state index >= 15 is 0 Å². The summed E-state index contributed by atoms with van der Waals surface area (Å²) < 4.78 is 1.92. The Balaban J connectivity index is 2.21. The molecule has 0 radical (unpaired) electrons. The van der Waals surface area contributed by atoms with E-state index in [1.165, 1.54) is 25.6 Å². The van der Waals surface area contributed by atoms with Crippen LogP contribution in [0.2, 0.25) is 0 Å². The number of nitrogens with zero attached hydrogens (tertiary/aromatic N) is 4. The van der Waals surface area contributed by atoms with E-state index in [0.717, 1.165) is 12.8 Å². The summed E-state index contributed by atoms with van der Waals surface area (Å²) in [6.45, 7) is 4.00. The minimum Gasteiger partial charge on any atom is -0.391 e. The monoisotopic (exact) mass is 277 g/mol. The lowest BCUT2D eigenvalue weighted by Crippen LogP contribution is -2.21. The first-order valence-electron chi connectivity index (χ1n) is 7.26. The molecule has 0 saturated heterocycles. The summed E-state index contributed by atoms with van der Waals surface area (Å²) in [5, 5.41) is 10.0. The molecule has 0 saturated carbocycles. The van der Waals surface area contributed by atoms with Gasteiger partial charge in [0.05, 0.1) is 18.5 Å². The number of nitrogens with two attached hydrogens (primary N) is 1. The molecule has 6 heteroatoms. The van der Waals surface area contributed by atoms with E-state index in [-0.39, 0.29) is 6.04 Å². The summed E-state index contributed by atoms with van der Waals surface area (Å²) in [6, 6.07) is -0.0221. The maximum absolute atomic E-state index is 10.0. The molecule has 6 nitrogen and oxygen atoms in total. The average molecular weight is 277 g/mol. The van der Waals surface area contributed by atoms with Crippen molar-refractivity contribution >= 4 is 17.0 Å². The number of rotatable bonds is 7. The molecule has 0 amide bonds. The second kappa shape index (κ2) is 6.65.